The van der Waals surface area contributed by atoms with E-state index in [1.165, 1.54) is 42.2 Å². The van der Waals surface area contributed by atoms with Crippen molar-refractivity contribution in [3.63, 3.8) is 0 Å². The van der Waals surface area contributed by atoms with Crippen LogP contribution in [0.2, 0.25) is 0 Å². The number of hydrogen-bond acceptors (Lipinski definition) is 11. The van der Waals surface area contributed by atoms with Gasteiger partial charge in [0.1, 0.15) is 11.3 Å². The number of esters is 2. The number of aliphatic hydroxyl groups is 3. The normalized spacial score (nSPS) is 30.4. The number of aryl methyl sites for hydroxylation is 1. The van der Waals surface area contributed by atoms with Crippen LogP contribution >= 0.6 is 0 Å². The number of methoxy groups -OCH3 is 1. The quantitative estimate of drug-likeness (QED) is 0.0557. The molecule has 0 saturated heterocycles. The standard InChI is InChI=1S/C68H76O11/c1-41(38-70)52-27-21-42-19-22-43(23-20-42)53-28-25-47(46-13-9-16-51(36-46)67-32-8-7-15-50(67)26-24-45-12-3-5-17-56(45)67)35-49(53)37-59(72)76-63-61-58(79-68(64(63)78-65(52)73)33-10-14-44-11-4-6-18-57(44)68)30-29-54-55(39-71)60(66(74)77-62(54)61)48(31-34-69)40-75-2/h3,5,9-10,12-14,16-17,19-20,22-24,26,29-30,36,44,47-50,53,57,63-64,69-71H,4,6-8,11,15,18,21,25,27-28,31-35,37-40H2,1-2H3. The van der Waals surface area contributed by atoms with Gasteiger partial charge in [0.2, 0.25) is 0 Å². The van der Waals surface area contributed by atoms with Crippen molar-refractivity contribution >= 4 is 29.0 Å². The Kier molecular flexibility index (Phi) is 15.2. The molecule has 414 valence electrons. The molecule has 11 nitrogen and oxygen atoms in total. The van der Waals surface area contributed by atoms with E-state index in [0.717, 1.165) is 68.9 Å². The molecule has 3 saturated carbocycles. The van der Waals surface area contributed by atoms with Gasteiger partial charge in [-0.25, -0.2) is 9.59 Å². The largest absolute Gasteiger partial charge is 0.482 e. The lowest BCUT2D eigenvalue weighted by Crippen LogP contribution is -2.62. The van der Waals surface area contributed by atoms with Gasteiger partial charge in [0, 0.05) is 60.3 Å². The molecule has 3 N–H and O–H groups in total. The molecule has 0 amide bonds. The molecule has 3 fully saturated rings. The maximum Gasteiger partial charge on any atom is 0.340 e. The van der Waals surface area contributed by atoms with Crippen molar-refractivity contribution < 1.29 is 48.3 Å². The van der Waals surface area contributed by atoms with Crippen molar-refractivity contribution in [2.24, 2.45) is 23.7 Å². The van der Waals surface area contributed by atoms with E-state index >= 15 is 9.59 Å². The van der Waals surface area contributed by atoms with E-state index in [1.807, 2.05) is 0 Å². The first-order chi connectivity index (χ1) is 38.6. The fourth-order valence-corrected chi connectivity index (χ4v) is 16.2. The van der Waals surface area contributed by atoms with Crippen molar-refractivity contribution in [1.29, 1.82) is 0 Å². The first-order valence-electron chi connectivity index (χ1n) is 29.4. The van der Waals surface area contributed by atoms with Crippen LogP contribution in [0.5, 0.6) is 5.75 Å². The van der Waals surface area contributed by atoms with Crippen LogP contribution in [0.3, 0.4) is 0 Å². The summed E-state index contributed by atoms with van der Waals surface area (Å²) in [4.78, 5) is 45.4. The summed E-state index contributed by atoms with van der Waals surface area (Å²) in [6.07, 6.45) is 19.0. The Bertz CT molecular complexity index is 3250. The van der Waals surface area contributed by atoms with Crippen molar-refractivity contribution in [3.05, 3.63) is 175 Å². The molecule has 11 unspecified atom stereocenters. The maximum atomic E-state index is 15.7. The molecule has 4 aromatic carbocycles. The van der Waals surface area contributed by atoms with E-state index in [0.29, 0.717) is 53.0 Å². The van der Waals surface area contributed by atoms with Crippen LogP contribution in [0.4, 0.5) is 0 Å². The van der Waals surface area contributed by atoms with Gasteiger partial charge in [-0.15, -0.1) is 0 Å². The van der Waals surface area contributed by atoms with Crippen molar-refractivity contribution in [2.75, 3.05) is 26.9 Å². The number of carbonyl (C=O) groups is 2. The highest BCUT2D eigenvalue weighted by Gasteiger charge is 2.61. The van der Waals surface area contributed by atoms with Crippen molar-refractivity contribution in [2.45, 2.75) is 157 Å². The van der Waals surface area contributed by atoms with Crippen LogP contribution < -0.4 is 10.4 Å². The second-order valence-electron chi connectivity index (χ2n) is 24.1. The Morgan fingerprint density at radius 2 is 1.67 bits per heavy atom. The molecule has 0 radical (unpaired) electrons. The van der Waals surface area contributed by atoms with Gasteiger partial charge < -0.3 is 38.7 Å². The highest BCUT2D eigenvalue weighted by Crippen LogP contribution is 2.58. The Balaban J connectivity index is 0.988. The van der Waals surface area contributed by atoms with Gasteiger partial charge in [0.25, 0.3) is 0 Å². The molecule has 4 heterocycles. The number of carbonyl (C=O) groups excluding carboxylic acids is 2. The Hall–Kier alpha value is -6.11. The zero-order valence-electron chi connectivity index (χ0n) is 45.8. The number of ether oxygens (including phenoxy) is 4. The predicted molar refractivity (Wildman–Crippen MR) is 303 cm³/mol. The smallest absolute Gasteiger partial charge is 0.340 e. The van der Waals surface area contributed by atoms with E-state index in [1.54, 1.807) is 19.1 Å². The predicted octanol–water partition coefficient (Wildman–Crippen LogP) is 12.3. The summed E-state index contributed by atoms with van der Waals surface area (Å²) in [5, 5.41) is 32.4. The van der Waals surface area contributed by atoms with Gasteiger partial charge in [0.05, 0.1) is 25.4 Å². The summed E-state index contributed by atoms with van der Waals surface area (Å²) < 4.78 is 33.4. The molecule has 79 heavy (non-hydrogen) atoms. The number of allylic oxidation sites excluding steroid dienone is 2. The molecule has 5 aliphatic carbocycles. The van der Waals surface area contributed by atoms with Gasteiger partial charge in [-0.2, -0.15) is 0 Å². The van der Waals surface area contributed by atoms with Gasteiger partial charge >= 0.3 is 17.6 Å². The van der Waals surface area contributed by atoms with E-state index in [-0.39, 0.29) is 84.4 Å². The molecule has 3 aliphatic heterocycles. The minimum Gasteiger partial charge on any atom is -0.482 e. The molecular formula is C68H76O11. The summed E-state index contributed by atoms with van der Waals surface area (Å²) in [5.74, 6) is -0.828. The summed E-state index contributed by atoms with van der Waals surface area (Å²) in [5.41, 5.74) is 7.24. The molecule has 2 bridgehead atoms. The van der Waals surface area contributed by atoms with Gasteiger partial charge in [-0.05, 0) is 157 Å². The minimum atomic E-state index is -1.31. The number of hydrogen-bond donors (Lipinski definition) is 3. The minimum absolute atomic E-state index is 0.0504. The molecule has 1 aromatic heterocycles. The van der Waals surface area contributed by atoms with Crippen LogP contribution in [-0.2, 0) is 42.2 Å². The van der Waals surface area contributed by atoms with E-state index in [2.05, 4.69) is 97.1 Å². The molecule has 8 aliphatic rings. The highest BCUT2D eigenvalue weighted by atomic mass is 16.6. The van der Waals surface area contributed by atoms with Crippen molar-refractivity contribution in [1.82, 2.24) is 0 Å². The third-order valence-corrected chi connectivity index (χ3v) is 20.0. The maximum absolute atomic E-state index is 15.7. The fraction of sp³-hybridized carbons (Fsp3) is 0.485. The average molecular weight is 1070 g/mol. The Labute approximate surface area is 463 Å². The van der Waals surface area contributed by atoms with E-state index in [4.69, 9.17) is 23.4 Å². The molecule has 11 atom stereocenters. The van der Waals surface area contributed by atoms with Gasteiger partial charge in [-0.3, -0.25) is 4.79 Å². The second kappa shape index (κ2) is 22.4. The first-order valence-corrected chi connectivity index (χ1v) is 29.4. The number of benzene rings is 4. The average Bonchev–Trinajstić information content (AvgIpc) is 3.51. The van der Waals surface area contributed by atoms with Crippen LogP contribution in [0, 0.1) is 23.7 Å². The summed E-state index contributed by atoms with van der Waals surface area (Å²) in [6.45, 7) is 0.738. The molecule has 1 spiro atoms. The number of aliphatic hydroxyl groups excluding tert-OH is 3. The van der Waals surface area contributed by atoms with E-state index < -0.39 is 47.9 Å². The van der Waals surface area contributed by atoms with Crippen molar-refractivity contribution in [3.8, 4) is 5.75 Å². The summed E-state index contributed by atoms with van der Waals surface area (Å²) >= 11 is 0. The zero-order chi connectivity index (χ0) is 54.4. The fourth-order valence-electron chi connectivity index (χ4n) is 16.2. The van der Waals surface area contributed by atoms with E-state index in [9.17, 15) is 20.1 Å². The monoisotopic (exact) mass is 1070 g/mol. The lowest BCUT2D eigenvalue weighted by molar-refractivity contribution is -0.208. The van der Waals surface area contributed by atoms with Crippen LogP contribution in [0.25, 0.3) is 17.0 Å². The Morgan fingerprint density at radius 3 is 2.49 bits per heavy atom. The summed E-state index contributed by atoms with van der Waals surface area (Å²) in [7, 11) is 1.52. The molecule has 13 rings (SSSR count). The summed E-state index contributed by atoms with van der Waals surface area (Å²) in [6, 6.07) is 30.5. The Morgan fingerprint density at radius 1 is 0.835 bits per heavy atom. The molecular weight excluding hydrogens is 993 g/mol. The van der Waals surface area contributed by atoms with Crippen LogP contribution in [0.15, 0.2) is 124 Å². The topological polar surface area (TPSA) is 162 Å². The highest BCUT2D eigenvalue weighted by molar-refractivity contribution is 5.90. The first kappa shape index (κ1) is 53.5. The lowest BCUT2D eigenvalue weighted by atomic mass is 9.56. The third kappa shape index (κ3) is 9.54. The third-order valence-electron chi connectivity index (χ3n) is 20.0. The molecule has 11 heteroatoms. The van der Waals surface area contributed by atoms with Crippen LogP contribution in [-0.4, -0.2) is 65.9 Å². The SMILES string of the molecule is COCC(CCO)c1c(CO)c2ccc3c(c2oc1=O)C1OC(=O)CC2CC(c4cccc(C56CCCCC5C=Cc5ccccc56)c4)CCC2c2ccc(cc2)CCC(=C(C)CO)C(=O)OC1C1(CC=CC2CCCCC21)O3. The lowest BCUT2D eigenvalue weighted by Gasteiger charge is -2.54. The number of rotatable bonds is 9. The number of fused-ring (bicyclic) bond motifs is 16. The second-order valence-corrected chi connectivity index (χ2v) is 24.1. The van der Waals surface area contributed by atoms with Crippen LogP contribution in [0.1, 0.15) is 177 Å². The van der Waals surface area contributed by atoms with Gasteiger partial charge in [0.15, 0.2) is 17.8 Å². The molecule has 5 aromatic rings. The zero-order valence-corrected chi connectivity index (χ0v) is 45.8. The van der Waals surface area contributed by atoms with Gasteiger partial charge in [-0.1, -0.05) is 123 Å².